The summed E-state index contributed by atoms with van der Waals surface area (Å²) in [5.74, 6) is -0.253. The van der Waals surface area contributed by atoms with Crippen LogP contribution in [0, 0.1) is 6.92 Å². The number of benzene rings is 1. The number of carboxylic acids is 1. The second kappa shape index (κ2) is 21.7. The third-order valence-electron chi connectivity index (χ3n) is 7.25. The Morgan fingerprint density at radius 1 is 0.657 bits per heavy atom. The van der Waals surface area contributed by atoms with Crippen molar-refractivity contribution in [1.82, 2.24) is 0 Å². The highest BCUT2D eigenvalue weighted by molar-refractivity contribution is 5.91. The average molecular weight is 489 g/mol. The fourth-order valence-electron chi connectivity index (χ4n) is 4.92. The zero-order valence-corrected chi connectivity index (χ0v) is 23.5. The van der Waals surface area contributed by atoms with Crippen LogP contribution in [0.4, 0.5) is 0 Å². The molecule has 1 rings (SSSR count). The lowest BCUT2D eigenvalue weighted by molar-refractivity contribution is 0.0692. The van der Waals surface area contributed by atoms with Gasteiger partial charge in [-0.05, 0) is 43.4 Å². The molecule has 202 valence electrons. The number of aryl methyl sites for hydroxylation is 1. The summed E-state index contributed by atoms with van der Waals surface area (Å²) in [6.07, 6.45) is 26.9. The van der Waals surface area contributed by atoms with Gasteiger partial charge in [0.1, 0.15) is 11.3 Å². The van der Waals surface area contributed by atoms with Gasteiger partial charge in [-0.15, -0.1) is 0 Å². The SMILES string of the molecule is CCCCCCCCCCCCOc1c(C(=O)O)ccc(C)c1CCCCCCCCCCCC. The van der Waals surface area contributed by atoms with Gasteiger partial charge in [-0.25, -0.2) is 4.79 Å². The Balaban J connectivity index is 2.35. The maximum atomic E-state index is 11.8. The van der Waals surface area contributed by atoms with Crippen molar-refractivity contribution in [2.75, 3.05) is 6.61 Å². The third kappa shape index (κ3) is 15.3. The van der Waals surface area contributed by atoms with Crippen molar-refractivity contribution < 1.29 is 14.6 Å². The number of hydrogen-bond donors (Lipinski definition) is 1. The molecule has 0 atom stereocenters. The molecule has 0 saturated carbocycles. The van der Waals surface area contributed by atoms with Gasteiger partial charge in [-0.3, -0.25) is 0 Å². The number of rotatable bonds is 24. The Kier molecular flexibility index (Phi) is 19.6. The molecular formula is C32H56O3. The van der Waals surface area contributed by atoms with E-state index in [1.54, 1.807) is 6.07 Å². The number of ether oxygens (including phenoxy) is 1. The van der Waals surface area contributed by atoms with Crippen LogP contribution in [-0.2, 0) is 6.42 Å². The average Bonchev–Trinajstić information content (AvgIpc) is 2.84. The zero-order chi connectivity index (χ0) is 25.6. The van der Waals surface area contributed by atoms with Crippen LogP contribution < -0.4 is 4.74 Å². The Labute approximate surface area is 217 Å². The lowest BCUT2D eigenvalue weighted by atomic mass is 9.97. The minimum absolute atomic E-state index is 0.324. The quantitative estimate of drug-likeness (QED) is 0.147. The summed E-state index contributed by atoms with van der Waals surface area (Å²) in [5, 5.41) is 9.72. The Bertz CT molecular complexity index is 652. The van der Waals surface area contributed by atoms with E-state index in [2.05, 4.69) is 20.8 Å². The number of hydrogen-bond acceptors (Lipinski definition) is 2. The van der Waals surface area contributed by atoms with E-state index >= 15 is 0 Å². The topological polar surface area (TPSA) is 46.5 Å². The molecule has 0 aliphatic carbocycles. The molecular weight excluding hydrogens is 432 g/mol. The summed E-state index contributed by atoms with van der Waals surface area (Å²) < 4.78 is 6.14. The molecule has 35 heavy (non-hydrogen) atoms. The highest BCUT2D eigenvalue weighted by Crippen LogP contribution is 2.30. The van der Waals surface area contributed by atoms with E-state index in [1.807, 2.05) is 6.07 Å². The first-order chi connectivity index (χ1) is 17.1. The van der Waals surface area contributed by atoms with Crippen LogP contribution in [0.15, 0.2) is 12.1 Å². The number of carboxylic acid groups (broad SMARTS) is 1. The molecule has 0 aromatic heterocycles. The van der Waals surface area contributed by atoms with E-state index in [1.165, 1.54) is 109 Å². The minimum atomic E-state index is -0.882. The van der Waals surface area contributed by atoms with Crippen molar-refractivity contribution in [3.05, 3.63) is 28.8 Å². The maximum Gasteiger partial charge on any atom is 0.339 e. The molecule has 1 aromatic rings. The molecule has 3 nitrogen and oxygen atoms in total. The van der Waals surface area contributed by atoms with E-state index in [0.29, 0.717) is 17.9 Å². The highest BCUT2D eigenvalue weighted by Gasteiger charge is 2.17. The summed E-state index contributed by atoms with van der Waals surface area (Å²) in [5.41, 5.74) is 2.59. The predicted octanol–water partition coefficient (Wildman–Crippen LogP) is 10.5. The van der Waals surface area contributed by atoms with Crippen molar-refractivity contribution in [2.24, 2.45) is 0 Å². The summed E-state index contributed by atoms with van der Waals surface area (Å²) in [6, 6.07) is 3.66. The first-order valence-electron chi connectivity index (χ1n) is 15.1. The molecule has 0 radical (unpaired) electrons. The lowest BCUT2D eigenvalue weighted by Gasteiger charge is -2.17. The van der Waals surface area contributed by atoms with E-state index in [4.69, 9.17) is 4.74 Å². The van der Waals surface area contributed by atoms with Crippen molar-refractivity contribution in [3.63, 3.8) is 0 Å². The van der Waals surface area contributed by atoms with Crippen molar-refractivity contribution in [1.29, 1.82) is 0 Å². The Hall–Kier alpha value is -1.51. The monoisotopic (exact) mass is 488 g/mol. The minimum Gasteiger partial charge on any atom is -0.492 e. The van der Waals surface area contributed by atoms with Crippen LogP contribution >= 0.6 is 0 Å². The summed E-state index contributed by atoms with van der Waals surface area (Å²) in [6.45, 7) is 7.23. The Morgan fingerprint density at radius 3 is 1.54 bits per heavy atom. The number of carbonyl (C=O) groups is 1. The molecule has 0 bridgehead atoms. The largest absolute Gasteiger partial charge is 0.492 e. The van der Waals surface area contributed by atoms with Gasteiger partial charge in [0.05, 0.1) is 6.61 Å². The van der Waals surface area contributed by atoms with Crippen LogP contribution in [0.25, 0.3) is 0 Å². The number of aromatic carboxylic acids is 1. The van der Waals surface area contributed by atoms with E-state index < -0.39 is 5.97 Å². The first-order valence-corrected chi connectivity index (χ1v) is 15.1. The van der Waals surface area contributed by atoms with E-state index in [9.17, 15) is 9.90 Å². The number of unbranched alkanes of at least 4 members (excludes halogenated alkanes) is 18. The molecule has 0 fully saturated rings. The standard InChI is InChI=1S/C32H56O3/c1-4-6-8-10-12-14-16-18-20-22-24-29-28(3)25-26-30(32(33)34)31(29)35-27-23-21-19-17-15-13-11-9-7-5-2/h25-26H,4-24,27H2,1-3H3,(H,33,34). The summed E-state index contributed by atoms with van der Waals surface area (Å²) >= 11 is 0. The van der Waals surface area contributed by atoms with Gasteiger partial charge in [0.2, 0.25) is 0 Å². The molecule has 1 aromatic carbocycles. The fourth-order valence-corrected chi connectivity index (χ4v) is 4.92. The van der Waals surface area contributed by atoms with Gasteiger partial charge in [0.15, 0.2) is 0 Å². The van der Waals surface area contributed by atoms with Crippen LogP contribution in [0.3, 0.4) is 0 Å². The molecule has 1 N–H and O–H groups in total. The molecule has 0 heterocycles. The van der Waals surface area contributed by atoms with Gasteiger partial charge in [0, 0.05) is 0 Å². The smallest absolute Gasteiger partial charge is 0.339 e. The third-order valence-corrected chi connectivity index (χ3v) is 7.25. The first kappa shape index (κ1) is 31.5. The highest BCUT2D eigenvalue weighted by atomic mass is 16.5. The fraction of sp³-hybridized carbons (Fsp3) is 0.781. The Morgan fingerprint density at radius 2 is 1.09 bits per heavy atom. The van der Waals surface area contributed by atoms with Crippen LogP contribution in [0.5, 0.6) is 5.75 Å². The normalized spacial score (nSPS) is 11.2. The molecule has 0 spiro atoms. The summed E-state index contributed by atoms with van der Waals surface area (Å²) in [7, 11) is 0. The van der Waals surface area contributed by atoms with Gasteiger partial charge in [-0.1, -0.05) is 135 Å². The van der Waals surface area contributed by atoms with Crippen LogP contribution in [-0.4, -0.2) is 17.7 Å². The molecule has 0 saturated heterocycles. The van der Waals surface area contributed by atoms with Gasteiger partial charge >= 0.3 is 5.97 Å². The second-order valence-electron chi connectivity index (χ2n) is 10.5. The van der Waals surface area contributed by atoms with Gasteiger partial charge in [0.25, 0.3) is 0 Å². The predicted molar refractivity (Wildman–Crippen MR) is 151 cm³/mol. The molecule has 0 unspecified atom stereocenters. The molecule has 0 aliphatic heterocycles. The van der Waals surface area contributed by atoms with Crippen molar-refractivity contribution in [2.45, 2.75) is 156 Å². The molecule has 3 heteroatoms. The van der Waals surface area contributed by atoms with Crippen LogP contribution in [0.1, 0.15) is 164 Å². The van der Waals surface area contributed by atoms with E-state index in [0.717, 1.165) is 36.8 Å². The van der Waals surface area contributed by atoms with Crippen molar-refractivity contribution in [3.8, 4) is 5.75 Å². The maximum absolute atomic E-state index is 11.8. The van der Waals surface area contributed by atoms with E-state index in [-0.39, 0.29) is 0 Å². The second-order valence-corrected chi connectivity index (χ2v) is 10.5. The van der Waals surface area contributed by atoms with Crippen LogP contribution in [0.2, 0.25) is 0 Å². The van der Waals surface area contributed by atoms with Crippen molar-refractivity contribution >= 4 is 5.97 Å². The van der Waals surface area contributed by atoms with Gasteiger partial charge < -0.3 is 9.84 Å². The van der Waals surface area contributed by atoms with Gasteiger partial charge in [-0.2, -0.15) is 0 Å². The zero-order valence-electron chi connectivity index (χ0n) is 23.5. The molecule has 0 aliphatic rings. The molecule has 0 amide bonds. The summed E-state index contributed by atoms with van der Waals surface area (Å²) in [4.78, 5) is 11.8. The lowest BCUT2D eigenvalue weighted by Crippen LogP contribution is -2.09.